The molecule has 0 saturated carbocycles. The fraction of sp³-hybridized carbons (Fsp3) is 0.158. The van der Waals surface area contributed by atoms with Gasteiger partial charge in [0.2, 0.25) is 0 Å². The van der Waals surface area contributed by atoms with Crippen LogP contribution < -0.4 is 5.32 Å². The minimum absolute atomic E-state index is 0.0578. The molecule has 0 unspecified atom stereocenters. The van der Waals surface area contributed by atoms with Gasteiger partial charge in [-0.2, -0.15) is 0 Å². The summed E-state index contributed by atoms with van der Waals surface area (Å²) in [5, 5.41) is 14.9. The molecular weight excluding hydrogens is 362 g/mol. The molecule has 1 aromatic carbocycles. The predicted octanol–water partition coefficient (Wildman–Crippen LogP) is 3.38. The van der Waals surface area contributed by atoms with E-state index in [2.05, 4.69) is 10.3 Å². The van der Waals surface area contributed by atoms with E-state index in [4.69, 9.17) is 12.2 Å². The van der Waals surface area contributed by atoms with E-state index in [9.17, 15) is 10.1 Å². The molecule has 1 saturated heterocycles. The van der Waals surface area contributed by atoms with Crippen molar-refractivity contribution in [3.63, 3.8) is 0 Å². The van der Waals surface area contributed by atoms with Crippen molar-refractivity contribution >= 4 is 23.0 Å². The number of aromatic nitrogens is 2. The minimum atomic E-state index is -0.398. The Kier molecular flexibility index (Phi) is 4.33. The quantitative estimate of drug-likeness (QED) is 0.425. The van der Waals surface area contributed by atoms with Crippen LogP contribution >= 0.6 is 12.2 Å². The third kappa shape index (κ3) is 3.04. The van der Waals surface area contributed by atoms with Gasteiger partial charge in [-0.25, -0.2) is 0 Å². The van der Waals surface area contributed by atoms with Gasteiger partial charge in [0, 0.05) is 43.0 Å². The van der Waals surface area contributed by atoms with Crippen LogP contribution in [-0.2, 0) is 0 Å². The maximum atomic E-state index is 10.9. The summed E-state index contributed by atoms with van der Waals surface area (Å²) in [6.45, 7) is 0. The summed E-state index contributed by atoms with van der Waals surface area (Å²) in [5.41, 5.74) is 2.85. The van der Waals surface area contributed by atoms with Gasteiger partial charge in [0.25, 0.3) is 5.69 Å². The lowest BCUT2D eigenvalue weighted by Crippen LogP contribution is -2.25. The topological polar surface area (TPSA) is 76.2 Å². The first-order valence-electron chi connectivity index (χ1n) is 8.42. The zero-order valence-corrected chi connectivity index (χ0v) is 15.3. The number of nitrogens with zero attached hydrogens (tertiary/aromatic N) is 4. The minimum Gasteiger partial charge on any atom is -0.352 e. The van der Waals surface area contributed by atoms with Crippen LogP contribution in [0.25, 0.3) is 5.69 Å². The Hall–Kier alpha value is -3.26. The molecule has 0 spiro atoms. The lowest BCUT2D eigenvalue weighted by Gasteiger charge is -2.25. The van der Waals surface area contributed by atoms with E-state index in [1.54, 1.807) is 18.3 Å². The Morgan fingerprint density at radius 2 is 1.93 bits per heavy atom. The Bertz CT molecular complexity index is 987. The van der Waals surface area contributed by atoms with Crippen molar-refractivity contribution in [2.24, 2.45) is 0 Å². The molecule has 0 aliphatic carbocycles. The van der Waals surface area contributed by atoms with E-state index in [0.717, 1.165) is 17.1 Å². The zero-order chi connectivity index (χ0) is 19.0. The van der Waals surface area contributed by atoms with Crippen molar-refractivity contribution in [3.8, 4) is 5.69 Å². The predicted molar refractivity (Wildman–Crippen MR) is 106 cm³/mol. The van der Waals surface area contributed by atoms with E-state index >= 15 is 0 Å². The summed E-state index contributed by atoms with van der Waals surface area (Å²) in [6.07, 6.45) is 3.71. The van der Waals surface area contributed by atoms with E-state index in [1.165, 1.54) is 12.1 Å². The third-order valence-electron chi connectivity index (χ3n) is 4.76. The van der Waals surface area contributed by atoms with Crippen LogP contribution in [0.15, 0.2) is 67.0 Å². The number of hydrogen-bond acceptors (Lipinski definition) is 4. The first-order valence-corrected chi connectivity index (χ1v) is 8.83. The molecule has 0 radical (unpaired) electrons. The lowest BCUT2D eigenvalue weighted by atomic mass is 10.0. The summed E-state index contributed by atoms with van der Waals surface area (Å²) in [5.74, 6) is 0. The second kappa shape index (κ2) is 6.81. The van der Waals surface area contributed by atoms with Gasteiger partial charge in [0.05, 0.1) is 22.7 Å². The molecule has 136 valence electrons. The van der Waals surface area contributed by atoms with Gasteiger partial charge in [-0.1, -0.05) is 6.07 Å². The van der Waals surface area contributed by atoms with Gasteiger partial charge in [0.15, 0.2) is 5.11 Å². The molecule has 1 fully saturated rings. The van der Waals surface area contributed by atoms with E-state index in [-0.39, 0.29) is 17.8 Å². The van der Waals surface area contributed by atoms with E-state index < -0.39 is 4.92 Å². The van der Waals surface area contributed by atoms with Crippen molar-refractivity contribution in [1.29, 1.82) is 0 Å². The van der Waals surface area contributed by atoms with Crippen molar-refractivity contribution in [3.05, 3.63) is 88.5 Å². The number of nitro benzene ring substituents is 1. The van der Waals surface area contributed by atoms with Crippen LogP contribution in [0.2, 0.25) is 0 Å². The number of benzene rings is 1. The van der Waals surface area contributed by atoms with Crippen LogP contribution in [0.5, 0.6) is 0 Å². The van der Waals surface area contributed by atoms with Gasteiger partial charge in [-0.3, -0.25) is 15.1 Å². The van der Waals surface area contributed by atoms with Gasteiger partial charge >= 0.3 is 0 Å². The first kappa shape index (κ1) is 17.2. The summed E-state index contributed by atoms with van der Waals surface area (Å²) in [4.78, 5) is 17.0. The highest BCUT2D eigenvalue weighted by Crippen LogP contribution is 2.38. The molecule has 3 aromatic rings. The van der Waals surface area contributed by atoms with Gasteiger partial charge < -0.3 is 14.8 Å². The maximum Gasteiger partial charge on any atom is 0.269 e. The summed E-state index contributed by atoms with van der Waals surface area (Å²) in [7, 11) is 1.95. The third-order valence-corrected chi connectivity index (χ3v) is 5.17. The molecule has 0 amide bonds. The number of rotatable bonds is 4. The first-order chi connectivity index (χ1) is 13.1. The van der Waals surface area contributed by atoms with Gasteiger partial charge in [0.1, 0.15) is 0 Å². The summed E-state index contributed by atoms with van der Waals surface area (Å²) >= 11 is 5.48. The summed E-state index contributed by atoms with van der Waals surface area (Å²) in [6, 6.07) is 16.2. The van der Waals surface area contributed by atoms with Crippen LogP contribution in [0.3, 0.4) is 0 Å². The highest BCUT2D eigenvalue weighted by atomic mass is 32.1. The Morgan fingerprint density at radius 1 is 1.15 bits per heavy atom. The molecule has 3 heterocycles. The monoisotopic (exact) mass is 379 g/mol. The highest BCUT2D eigenvalue weighted by Gasteiger charge is 2.39. The molecule has 1 N–H and O–H groups in total. The molecule has 0 bridgehead atoms. The largest absolute Gasteiger partial charge is 0.352 e. The molecular formula is C19H17N5O2S. The Labute approximate surface area is 161 Å². The smallest absolute Gasteiger partial charge is 0.269 e. The Balaban J connectivity index is 1.75. The molecule has 7 nitrogen and oxygen atoms in total. The second-order valence-electron chi connectivity index (χ2n) is 6.31. The zero-order valence-electron chi connectivity index (χ0n) is 14.5. The number of nitro groups is 1. The average molecular weight is 379 g/mol. The maximum absolute atomic E-state index is 10.9. The number of thiocarbonyl (C=S) groups is 1. The number of likely N-dealkylation sites (N-methyl/N-ethyl adjacent to an activating group) is 1. The second-order valence-corrected chi connectivity index (χ2v) is 6.70. The number of hydrogen-bond donors (Lipinski definition) is 1. The number of non-ortho nitro benzene ring substituents is 1. The van der Waals surface area contributed by atoms with Crippen molar-refractivity contribution in [2.75, 3.05) is 7.05 Å². The average Bonchev–Trinajstić information content (AvgIpc) is 3.27. The van der Waals surface area contributed by atoms with E-state index in [1.807, 2.05) is 53.0 Å². The molecule has 1 aliphatic heterocycles. The molecule has 4 rings (SSSR count). The van der Waals surface area contributed by atoms with Crippen LogP contribution in [0.4, 0.5) is 5.69 Å². The SMILES string of the molecule is CN1C(=S)N[C@@H](c2ccccn2)[C@H]1c1cccn1-c1ccc([N+](=O)[O-])cc1. The Morgan fingerprint density at radius 3 is 2.59 bits per heavy atom. The van der Waals surface area contributed by atoms with Crippen LogP contribution in [-0.4, -0.2) is 31.5 Å². The highest BCUT2D eigenvalue weighted by molar-refractivity contribution is 7.80. The van der Waals surface area contributed by atoms with Crippen LogP contribution in [0, 0.1) is 10.1 Å². The van der Waals surface area contributed by atoms with Crippen molar-refractivity contribution < 1.29 is 4.92 Å². The molecule has 2 aromatic heterocycles. The lowest BCUT2D eigenvalue weighted by molar-refractivity contribution is -0.384. The van der Waals surface area contributed by atoms with Gasteiger partial charge in [-0.05, 0) is 48.6 Å². The fourth-order valence-electron chi connectivity index (χ4n) is 3.43. The van der Waals surface area contributed by atoms with Gasteiger partial charge in [-0.15, -0.1) is 0 Å². The molecule has 27 heavy (non-hydrogen) atoms. The number of nitrogens with one attached hydrogen (secondary N) is 1. The normalized spacial score (nSPS) is 19.1. The van der Waals surface area contributed by atoms with Crippen LogP contribution in [0.1, 0.15) is 23.5 Å². The standard InChI is InChI=1S/C19H17N5O2S/c1-22-18(17(21-19(22)27)15-5-2-3-11-20-15)16-6-4-12-23(16)13-7-9-14(10-8-13)24(25)26/h2-12,17-18H,1H3,(H,21,27)/t17-,18+/m0/s1. The molecule has 1 aliphatic rings. The molecule has 2 atom stereocenters. The summed E-state index contributed by atoms with van der Waals surface area (Å²) < 4.78 is 2.02. The van der Waals surface area contributed by atoms with Crippen molar-refractivity contribution in [1.82, 2.24) is 19.8 Å². The number of pyridine rings is 1. The van der Waals surface area contributed by atoms with E-state index in [0.29, 0.717) is 5.11 Å². The molecule has 8 heteroatoms. The fourth-order valence-corrected chi connectivity index (χ4v) is 3.67. The van der Waals surface area contributed by atoms with Crippen molar-refractivity contribution in [2.45, 2.75) is 12.1 Å².